The molecule has 0 aliphatic carbocycles. The lowest BCUT2D eigenvalue weighted by Crippen LogP contribution is -2.17. The number of aromatic nitrogens is 2. The van der Waals surface area contributed by atoms with E-state index in [-0.39, 0.29) is 5.82 Å². The van der Waals surface area contributed by atoms with Crippen LogP contribution in [0.1, 0.15) is 11.3 Å². The summed E-state index contributed by atoms with van der Waals surface area (Å²) < 4.78 is 38.8. The first kappa shape index (κ1) is 17.8. The summed E-state index contributed by atoms with van der Waals surface area (Å²) in [5.74, 6) is -1.85. The fraction of sp³-hybridized carbons (Fsp3) is 0.214. The van der Waals surface area contributed by atoms with Crippen molar-refractivity contribution in [1.29, 1.82) is 0 Å². The van der Waals surface area contributed by atoms with Crippen LogP contribution in [-0.4, -0.2) is 27.6 Å². The number of nitrogens with zero attached hydrogens (tertiary/aromatic N) is 2. The number of rotatable bonds is 5. The quantitative estimate of drug-likeness (QED) is 0.753. The summed E-state index contributed by atoms with van der Waals surface area (Å²) in [4.78, 5) is 17.6. The molecule has 0 saturated carbocycles. The van der Waals surface area contributed by atoms with E-state index in [4.69, 9.17) is 16.7 Å². The Bertz CT molecular complexity index is 768. The van der Waals surface area contributed by atoms with Crippen LogP contribution < -0.4 is 10.6 Å². The fourth-order valence-corrected chi connectivity index (χ4v) is 1.89. The van der Waals surface area contributed by atoms with Crippen molar-refractivity contribution in [3.8, 4) is 0 Å². The summed E-state index contributed by atoms with van der Waals surface area (Å²) >= 11 is 5.97. The first-order chi connectivity index (χ1) is 11.1. The third kappa shape index (κ3) is 4.72. The van der Waals surface area contributed by atoms with Crippen molar-refractivity contribution in [2.75, 3.05) is 17.2 Å². The van der Waals surface area contributed by atoms with Gasteiger partial charge in [-0.3, -0.25) is 4.79 Å². The van der Waals surface area contributed by atoms with Gasteiger partial charge in [-0.1, -0.05) is 17.7 Å². The largest absolute Gasteiger partial charge is 0.480 e. The lowest BCUT2D eigenvalue weighted by molar-refractivity contribution is -0.141. The maximum absolute atomic E-state index is 12.9. The lowest BCUT2D eigenvalue weighted by atomic mass is 10.2. The molecular formula is C14H12ClF3N4O2. The molecule has 0 bridgehead atoms. The number of hydrogen-bond acceptors (Lipinski definition) is 5. The smallest absolute Gasteiger partial charge is 0.433 e. The molecule has 2 rings (SSSR count). The minimum Gasteiger partial charge on any atom is -0.480 e. The molecule has 6 nitrogen and oxygen atoms in total. The van der Waals surface area contributed by atoms with Crippen molar-refractivity contribution >= 4 is 35.0 Å². The number of carbonyl (C=O) groups is 1. The average molecular weight is 361 g/mol. The second-order valence-corrected chi connectivity index (χ2v) is 5.20. The number of carboxylic acids is 1. The Kier molecular flexibility index (Phi) is 5.13. The zero-order chi connectivity index (χ0) is 17.9. The Morgan fingerprint density at radius 1 is 1.29 bits per heavy atom. The first-order valence-electron chi connectivity index (χ1n) is 6.60. The van der Waals surface area contributed by atoms with Gasteiger partial charge in [0, 0.05) is 16.8 Å². The molecule has 0 saturated heterocycles. The van der Waals surface area contributed by atoms with Gasteiger partial charge in [-0.25, -0.2) is 4.98 Å². The standard InChI is InChI=1S/C14H12ClF3N4O2/c1-7-2-3-8(4-9(7)15)20-11-5-10(14(16,17)18)21-13(22-11)19-6-12(23)24/h2-5H,6H2,1H3,(H,23,24)(H2,19,20,21,22). The molecule has 0 unspecified atom stereocenters. The number of anilines is 3. The van der Waals surface area contributed by atoms with Crippen molar-refractivity contribution in [1.82, 2.24) is 9.97 Å². The number of aliphatic carboxylic acids is 1. The molecule has 0 spiro atoms. The molecule has 10 heteroatoms. The number of halogens is 4. The van der Waals surface area contributed by atoms with Crippen LogP contribution in [-0.2, 0) is 11.0 Å². The summed E-state index contributed by atoms with van der Waals surface area (Å²) in [6.07, 6.45) is -4.70. The lowest BCUT2D eigenvalue weighted by Gasteiger charge is -2.12. The minimum absolute atomic E-state index is 0.148. The molecule has 1 heterocycles. The molecule has 1 aromatic carbocycles. The van der Waals surface area contributed by atoms with E-state index >= 15 is 0 Å². The summed E-state index contributed by atoms with van der Waals surface area (Å²) in [6.45, 7) is 1.17. The van der Waals surface area contributed by atoms with Crippen LogP contribution in [0.25, 0.3) is 0 Å². The highest BCUT2D eigenvalue weighted by molar-refractivity contribution is 6.31. The summed E-state index contributed by atoms with van der Waals surface area (Å²) in [5.41, 5.74) is 0.0393. The predicted molar refractivity (Wildman–Crippen MR) is 82.6 cm³/mol. The van der Waals surface area contributed by atoms with Gasteiger partial charge in [0.05, 0.1) is 0 Å². The van der Waals surface area contributed by atoms with Gasteiger partial charge in [0.2, 0.25) is 5.95 Å². The monoisotopic (exact) mass is 360 g/mol. The predicted octanol–water partition coefficient (Wildman–Crippen LogP) is 3.70. The van der Waals surface area contributed by atoms with Crippen LogP contribution in [0.15, 0.2) is 24.3 Å². The second kappa shape index (κ2) is 6.91. The number of carboxylic acid groups (broad SMARTS) is 1. The number of nitrogens with one attached hydrogen (secondary N) is 2. The minimum atomic E-state index is -4.70. The third-order valence-corrected chi connectivity index (χ3v) is 3.27. The maximum Gasteiger partial charge on any atom is 0.433 e. The molecule has 0 aliphatic rings. The van der Waals surface area contributed by atoms with Gasteiger partial charge in [0.25, 0.3) is 0 Å². The summed E-state index contributed by atoms with van der Waals surface area (Å²) in [5, 5.41) is 13.9. The van der Waals surface area contributed by atoms with Crippen molar-refractivity contribution in [2.45, 2.75) is 13.1 Å². The van der Waals surface area contributed by atoms with Crippen LogP contribution in [0.2, 0.25) is 5.02 Å². The molecule has 128 valence electrons. The van der Waals surface area contributed by atoms with E-state index in [2.05, 4.69) is 20.6 Å². The van der Waals surface area contributed by atoms with Crippen molar-refractivity contribution in [3.05, 3.63) is 40.5 Å². The fourth-order valence-electron chi connectivity index (χ4n) is 1.71. The Hall–Kier alpha value is -2.55. The van der Waals surface area contributed by atoms with E-state index in [0.717, 1.165) is 11.6 Å². The topological polar surface area (TPSA) is 87.1 Å². The van der Waals surface area contributed by atoms with Crippen molar-refractivity contribution < 1.29 is 23.1 Å². The van der Waals surface area contributed by atoms with Gasteiger partial charge >= 0.3 is 12.1 Å². The molecular weight excluding hydrogens is 349 g/mol. The molecule has 0 radical (unpaired) electrons. The molecule has 3 N–H and O–H groups in total. The van der Waals surface area contributed by atoms with Crippen LogP contribution in [0.5, 0.6) is 0 Å². The average Bonchev–Trinajstić information content (AvgIpc) is 2.48. The van der Waals surface area contributed by atoms with E-state index in [1.807, 2.05) is 0 Å². The Balaban J connectivity index is 2.34. The van der Waals surface area contributed by atoms with Gasteiger partial charge < -0.3 is 15.7 Å². The van der Waals surface area contributed by atoms with Crippen LogP contribution in [0, 0.1) is 6.92 Å². The van der Waals surface area contributed by atoms with E-state index in [0.29, 0.717) is 10.7 Å². The SMILES string of the molecule is Cc1ccc(Nc2cc(C(F)(F)F)nc(NCC(=O)O)n2)cc1Cl. The zero-order valence-corrected chi connectivity index (χ0v) is 13.0. The number of alkyl halides is 3. The Labute approximate surface area is 139 Å². The maximum atomic E-state index is 12.9. The van der Waals surface area contributed by atoms with E-state index < -0.39 is 30.3 Å². The molecule has 0 atom stereocenters. The summed E-state index contributed by atoms with van der Waals surface area (Å²) in [6, 6.07) is 5.58. The second-order valence-electron chi connectivity index (χ2n) is 4.80. The van der Waals surface area contributed by atoms with Gasteiger partial charge in [-0.05, 0) is 24.6 Å². The Morgan fingerprint density at radius 2 is 2.00 bits per heavy atom. The van der Waals surface area contributed by atoms with Crippen LogP contribution >= 0.6 is 11.6 Å². The van der Waals surface area contributed by atoms with Crippen LogP contribution in [0.4, 0.5) is 30.6 Å². The molecule has 0 amide bonds. The number of benzene rings is 1. The van der Waals surface area contributed by atoms with Crippen molar-refractivity contribution in [3.63, 3.8) is 0 Å². The van der Waals surface area contributed by atoms with Crippen LogP contribution in [0.3, 0.4) is 0 Å². The highest BCUT2D eigenvalue weighted by Crippen LogP contribution is 2.31. The van der Waals surface area contributed by atoms with E-state index in [1.54, 1.807) is 19.1 Å². The first-order valence-corrected chi connectivity index (χ1v) is 6.98. The highest BCUT2D eigenvalue weighted by Gasteiger charge is 2.33. The zero-order valence-electron chi connectivity index (χ0n) is 12.3. The summed E-state index contributed by atoms with van der Waals surface area (Å²) in [7, 11) is 0. The Morgan fingerprint density at radius 3 is 2.58 bits per heavy atom. The van der Waals surface area contributed by atoms with E-state index in [1.165, 1.54) is 6.07 Å². The number of hydrogen-bond donors (Lipinski definition) is 3. The van der Waals surface area contributed by atoms with Gasteiger partial charge in [-0.15, -0.1) is 0 Å². The third-order valence-electron chi connectivity index (χ3n) is 2.86. The van der Waals surface area contributed by atoms with E-state index in [9.17, 15) is 18.0 Å². The van der Waals surface area contributed by atoms with Crippen molar-refractivity contribution in [2.24, 2.45) is 0 Å². The van der Waals surface area contributed by atoms with Gasteiger partial charge in [0.1, 0.15) is 12.4 Å². The van der Waals surface area contributed by atoms with Gasteiger partial charge in [-0.2, -0.15) is 18.2 Å². The molecule has 0 aliphatic heterocycles. The molecule has 2 aromatic rings. The normalized spacial score (nSPS) is 11.2. The molecule has 1 aromatic heterocycles. The highest BCUT2D eigenvalue weighted by atomic mass is 35.5. The molecule has 0 fully saturated rings. The molecule has 24 heavy (non-hydrogen) atoms. The van der Waals surface area contributed by atoms with Gasteiger partial charge in [0.15, 0.2) is 5.69 Å². The number of aryl methyl sites for hydroxylation is 1.